The minimum Gasteiger partial charge on any atom is -0.322 e. The summed E-state index contributed by atoms with van der Waals surface area (Å²) < 4.78 is 22.6. The van der Waals surface area contributed by atoms with Gasteiger partial charge in [-0.15, -0.1) is 11.8 Å². The lowest BCUT2D eigenvalue weighted by Crippen LogP contribution is -2.15. The summed E-state index contributed by atoms with van der Waals surface area (Å²) in [4.78, 5) is 13.1. The van der Waals surface area contributed by atoms with E-state index >= 15 is 0 Å². The van der Waals surface area contributed by atoms with Crippen LogP contribution in [0.4, 0.5) is 5.69 Å². The van der Waals surface area contributed by atoms with Crippen molar-refractivity contribution >= 4 is 33.4 Å². The summed E-state index contributed by atoms with van der Waals surface area (Å²) in [5.74, 6) is -0.300. The van der Waals surface area contributed by atoms with E-state index in [2.05, 4.69) is 5.32 Å². The second kappa shape index (κ2) is 6.30. The molecule has 0 aliphatic rings. The molecule has 3 N–H and O–H groups in total. The number of carbonyl (C=O) groups excluding carboxylic acids is 1. The lowest BCUT2D eigenvalue weighted by atomic mass is 10.2. The van der Waals surface area contributed by atoms with Crippen molar-refractivity contribution in [3.63, 3.8) is 0 Å². The molecule has 2 rings (SSSR count). The Morgan fingerprint density at radius 3 is 2.52 bits per heavy atom. The number of primary sulfonamides is 1. The summed E-state index contributed by atoms with van der Waals surface area (Å²) in [7, 11) is -3.79. The van der Waals surface area contributed by atoms with Crippen molar-refractivity contribution in [2.24, 2.45) is 5.14 Å². The van der Waals surface area contributed by atoms with E-state index in [9.17, 15) is 13.2 Å². The van der Waals surface area contributed by atoms with E-state index in [1.165, 1.54) is 30.0 Å². The molecule has 0 saturated heterocycles. The van der Waals surface area contributed by atoms with Crippen molar-refractivity contribution in [3.8, 4) is 0 Å². The van der Waals surface area contributed by atoms with Crippen LogP contribution in [0.3, 0.4) is 0 Å². The van der Waals surface area contributed by atoms with Crippen LogP contribution >= 0.6 is 11.8 Å². The van der Waals surface area contributed by atoms with Crippen molar-refractivity contribution in [3.05, 3.63) is 54.1 Å². The van der Waals surface area contributed by atoms with E-state index in [4.69, 9.17) is 5.14 Å². The Labute approximate surface area is 127 Å². The fourth-order valence-electron chi connectivity index (χ4n) is 1.78. The fraction of sp³-hybridized carbons (Fsp3) is 0.0714. The van der Waals surface area contributed by atoms with Crippen molar-refractivity contribution in [1.29, 1.82) is 0 Å². The van der Waals surface area contributed by atoms with Crippen LogP contribution in [0.2, 0.25) is 0 Å². The molecular formula is C14H14N2O3S2. The minimum absolute atomic E-state index is 0.0431. The van der Waals surface area contributed by atoms with Gasteiger partial charge in [-0.25, -0.2) is 13.6 Å². The maximum Gasteiger partial charge on any atom is 0.256 e. The van der Waals surface area contributed by atoms with Gasteiger partial charge in [0, 0.05) is 10.6 Å². The smallest absolute Gasteiger partial charge is 0.256 e. The highest BCUT2D eigenvalue weighted by Gasteiger charge is 2.12. The Bertz CT molecular complexity index is 773. The number of anilines is 1. The number of hydrogen-bond donors (Lipinski definition) is 2. The van der Waals surface area contributed by atoms with Gasteiger partial charge < -0.3 is 5.32 Å². The first kappa shape index (κ1) is 15.6. The van der Waals surface area contributed by atoms with Crippen LogP contribution in [-0.2, 0) is 10.0 Å². The molecule has 0 bridgehead atoms. The quantitative estimate of drug-likeness (QED) is 0.845. The topological polar surface area (TPSA) is 89.3 Å². The van der Waals surface area contributed by atoms with Crippen LogP contribution in [0.5, 0.6) is 0 Å². The number of amides is 1. The maximum atomic E-state index is 12.2. The number of rotatable bonds is 4. The molecule has 110 valence electrons. The molecule has 7 heteroatoms. The van der Waals surface area contributed by atoms with E-state index < -0.39 is 10.0 Å². The first-order chi connectivity index (χ1) is 9.91. The molecule has 0 saturated carbocycles. The SMILES string of the molecule is CSc1ccccc1C(=O)Nc1cccc(S(N)(=O)=O)c1. The Kier molecular flexibility index (Phi) is 4.66. The molecule has 0 heterocycles. The summed E-state index contributed by atoms with van der Waals surface area (Å²) in [5, 5.41) is 7.74. The second-order valence-electron chi connectivity index (χ2n) is 4.23. The lowest BCUT2D eigenvalue weighted by molar-refractivity contribution is 0.102. The third kappa shape index (κ3) is 3.84. The van der Waals surface area contributed by atoms with Gasteiger partial charge in [0.15, 0.2) is 0 Å². The van der Waals surface area contributed by atoms with Gasteiger partial charge in [-0.1, -0.05) is 18.2 Å². The van der Waals surface area contributed by atoms with Crippen molar-refractivity contribution < 1.29 is 13.2 Å². The number of carbonyl (C=O) groups is 1. The normalized spacial score (nSPS) is 11.1. The number of thioether (sulfide) groups is 1. The molecule has 0 aliphatic carbocycles. The van der Waals surface area contributed by atoms with Crippen LogP contribution in [-0.4, -0.2) is 20.6 Å². The van der Waals surface area contributed by atoms with Gasteiger partial charge in [-0.2, -0.15) is 0 Å². The highest BCUT2D eigenvalue weighted by molar-refractivity contribution is 7.98. The van der Waals surface area contributed by atoms with E-state index in [-0.39, 0.29) is 10.8 Å². The summed E-state index contributed by atoms with van der Waals surface area (Å²) in [6.07, 6.45) is 1.88. The molecule has 0 aliphatic heterocycles. The molecule has 5 nitrogen and oxygen atoms in total. The van der Waals surface area contributed by atoms with Gasteiger partial charge in [-0.05, 0) is 36.6 Å². The van der Waals surface area contributed by atoms with E-state index in [1.54, 1.807) is 18.2 Å². The second-order valence-corrected chi connectivity index (χ2v) is 6.64. The lowest BCUT2D eigenvalue weighted by Gasteiger charge is -2.09. The van der Waals surface area contributed by atoms with Gasteiger partial charge >= 0.3 is 0 Å². The number of sulfonamides is 1. The van der Waals surface area contributed by atoms with E-state index in [1.807, 2.05) is 18.4 Å². The van der Waals surface area contributed by atoms with Crippen LogP contribution in [0.15, 0.2) is 58.3 Å². The van der Waals surface area contributed by atoms with Crippen LogP contribution in [0.1, 0.15) is 10.4 Å². The van der Waals surface area contributed by atoms with Crippen LogP contribution in [0.25, 0.3) is 0 Å². The number of benzene rings is 2. The average molecular weight is 322 g/mol. The van der Waals surface area contributed by atoms with Gasteiger partial charge in [0.25, 0.3) is 5.91 Å². The number of hydrogen-bond acceptors (Lipinski definition) is 4. The maximum absolute atomic E-state index is 12.2. The number of nitrogens with two attached hydrogens (primary N) is 1. The molecule has 0 radical (unpaired) electrons. The fourth-order valence-corrected chi connectivity index (χ4v) is 2.94. The molecule has 2 aromatic carbocycles. The molecule has 0 fully saturated rings. The first-order valence-electron chi connectivity index (χ1n) is 5.99. The molecule has 2 aromatic rings. The molecule has 21 heavy (non-hydrogen) atoms. The van der Waals surface area contributed by atoms with Gasteiger partial charge in [0.05, 0.1) is 10.5 Å². The third-order valence-corrected chi connectivity index (χ3v) is 4.48. The predicted octanol–water partition coefficient (Wildman–Crippen LogP) is 2.31. The molecule has 0 atom stereocenters. The zero-order valence-electron chi connectivity index (χ0n) is 11.2. The van der Waals surface area contributed by atoms with Crippen LogP contribution < -0.4 is 10.5 Å². The molecule has 0 spiro atoms. The third-order valence-electron chi connectivity index (χ3n) is 2.77. The van der Waals surface area contributed by atoms with E-state index in [0.717, 1.165) is 4.90 Å². The van der Waals surface area contributed by atoms with Crippen molar-refractivity contribution in [1.82, 2.24) is 0 Å². The molecule has 0 unspecified atom stereocenters. The average Bonchev–Trinajstić information content (AvgIpc) is 2.46. The minimum atomic E-state index is -3.79. The Morgan fingerprint density at radius 2 is 1.86 bits per heavy atom. The standard InChI is InChI=1S/C14H14N2O3S2/c1-20-13-8-3-2-7-12(13)14(17)16-10-5-4-6-11(9-10)21(15,18)19/h2-9H,1H3,(H,16,17)(H2,15,18,19). The highest BCUT2D eigenvalue weighted by Crippen LogP contribution is 2.21. The number of nitrogens with one attached hydrogen (secondary N) is 1. The molecule has 1 amide bonds. The Balaban J connectivity index is 2.28. The van der Waals surface area contributed by atoms with E-state index in [0.29, 0.717) is 11.3 Å². The highest BCUT2D eigenvalue weighted by atomic mass is 32.2. The van der Waals surface area contributed by atoms with Crippen LogP contribution in [0, 0.1) is 0 Å². The van der Waals surface area contributed by atoms with Crippen molar-refractivity contribution in [2.75, 3.05) is 11.6 Å². The van der Waals surface area contributed by atoms with Gasteiger partial charge in [0.2, 0.25) is 10.0 Å². The largest absolute Gasteiger partial charge is 0.322 e. The Hall–Kier alpha value is -1.83. The predicted molar refractivity (Wildman–Crippen MR) is 84.0 cm³/mol. The van der Waals surface area contributed by atoms with Gasteiger partial charge in [0.1, 0.15) is 0 Å². The zero-order chi connectivity index (χ0) is 15.5. The summed E-state index contributed by atoms with van der Waals surface area (Å²) in [6, 6.07) is 13.0. The summed E-state index contributed by atoms with van der Waals surface area (Å²) >= 11 is 1.47. The molecule has 0 aromatic heterocycles. The zero-order valence-corrected chi connectivity index (χ0v) is 12.9. The summed E-state index contributed by atoms with van der Waals surface area (Å²) in [5.41, 5.74) is 0.911. The first-order valence-corrected chi connectivity index (χ1v) is 8.76. The van der Waals surface area contributed by atoms with Gasteiger partial charge in [-0.3, -0.25) is 4.79 Å². The summed E-state index contributed by atoms with van der Waals surface area (Å²) in [6.45, 7) is 0. The molecular weight excluding hydrogens is 308 g/mol. The van der Waals surface area contributed by atoms with Crippen molar-refractivity contribution in [2.45, 2.75) is 9.79 Å². The monoisotopic (exact) mass is 322 g/mol. The Morgan fingerprint density at radius 1 is 1.14 bits per heavy atom.